The fourth-order valence-electron chi connectivity index (χ4n) is 5.36. The molecule has 0 unspecified atom stereocenters. The summed E-state index contributed by atoms with van der Waals surface area (Å²) in [7, 11) is 0. The number of halogens is 2. The molecule has 2 aromatic heterocycles. The number of aromatic nitrogens is 2. The molecule has 2 aliphatic heterocycles. The van der Waals surface area contributed by atoms with Crippen LogP contribution in [0.4, 0.5) is 15.9 Å². The minimum Gasteiger partial charge on any atom is -0.487 e. The summed E-state index contributed by atoms with van der Waals surface area (Å²) >= 11 is 8.55. The highest BCUT2D eigenvalue weighted by Gasteiger charge is 2.47. The standard InChI is InChI=1S/C31H26ClFN4O2S/c32-26-12-23(5-8-29(26)38-14-20-2-1-3-22(33)10-20)36-30-25-11-21(4-7-27(25)34-19-35-30)28-9-6-24(39-28)13-37-15-31(16-37)17-40-18-31/h1-12,19H,13-18H2,(H,34,35,36). The van der Waals surface area contributed by atoms with Gasteiger partial charge in [-0.3, -0.25) is 4.90 Å². The lowest BCUT2D eigenvalue weighted by Crippen LogP contribution is -2.62. The van der Waals surface area contributed by atoms with Gasteiger partial charge in [-0.25, -0.2) is 14.4 Å². The molecule has 4 heterocycles. The molecule has 5 aromatic rings. The number of benzene rings is 3. The van der Waals surface area contributed by atoms with Crippen molar-refractivity contribution in [3.63, 3.8) is 0 Å². The SMILES string of the molecule is Fc1cccc(COc2ccc(Nc3ncnc4ccc(-c5ccc(CN6CC7(CSC7)C6)o5)cc34)cc2Cl)c1. The predicted octanol–water partition coefficient (Wildman–Crippen LogP) is 7.55. The lowest BCUT2D eigenvalue weighted by atomic mass is 9.83. The molecule has 0 radical (unpaired) electrons. The van der Waals surface area contributed by atoms with E-state index in [1.54, 1.807) is 24.3 Å². The van der Waals surface area contributed by atoms with E-state index in [9.17, 15) is 4.39 Å². The first-order valence-electron chi connectivity index (χ1n) is 13.1. The van der Waals surface area contributed by atoms with Gasteiger partial charge in [0.25, 0.3) is 0 Å². The number of nitrogens with zero attached hydrogens (tertiary/aromatic N) is 3. The topological polar surface area (TPSA) is 63.4 Å². The number of anilines is 2. The first-order valence-corrected chi connectivity index (χ1v) is 14.6. The number of likely N-dealkylation sites (tertiary alicyclic amines) is 1. The molecule has 40 heavy (non-hydrogen) atoms. The van der Waals surface area contributed by atoms with E-state index in [1.165, 1.54) is 43.1 Å². The van der Waals surface area contributed by atoms with Crippen molar-refractivity contribution in [2.24, 2.45) is 5.41 Å². The number of hydrogen-bond donors (Lipinski definition) is 1. The molecule has 9 heteroatoms. The van der Waals surface area contributed by atoms with Crippen LogP contribution >= 0.6 is 23.4 Å². The van der Waals surface area contributed by atoms with Crippen LogP contribution in [0.5, 0.6) is 5.75 Å². The summed E-state index contributed by atoms with van der Waals surface area (Å²) < 4.78 is 25.5. The predicted molar refractivity (Wildman–Crippen MR) is 158 cm³/mol. The highest BCUT2D eigenvalue weighted by molar-refractivity contribution is 8.00. The molecule has 1 N–H and O–H groups in total. The van der Waals surface area contributed by atoms with Crippen molar-refractivity contribution in [1.29, 1.82) is 0 Å². The van der Waals surface area contributed by atoms with Crippen molar-refractivity contribution in [2.45, 2.75) is 13.2 Å². The third-order valence-corrected chi connectivity index (χ3v) is 9.30. The summed E-state index contributed by atoms with van der Waals surface area (Å²) in [6.45, 7) is 3.40. The Morgan fingerprint density at radius 3 is 2.73 bits per heavy atom. The number of fused-ring (bicyclic) bond motifs is 1. The third kappa shape index (κ3) is 5.14. The van der Waals surface area contributed by atoms with Gasteiger partial charge in [0, 0.05) is 46.6 Å². The Bertz CT molecular complexity index is 1700. The highest BCUT2D eigenvalue weighted by Crippen LogP contribution is 2.45. The summed E-state index contributed by atoms with van der Waals surface area (Å²) in [6, 6.07) is 21.9. The van der Waals surface area contributed by atoms with Gasteiger partial charge in [0.15, 0.2) is 0 Å². The van der Waals surface area contributed by atoms with Crippen molar-refractivity contribution in [3.8, 4) is 17.1 Å². The zero-order valence-electron chi connectivity index (χ0n) is 21.6. The van der Waals surface area contributed by atoms with E-state index in [2.05, 4.69) is 26.3 Å². The van der Waals surface area contributed by atoms with E-state index in [1.807, 2.05) is 42.1 Å². The molecule has 7 rings (SSSR count). The van der Waals surface area contributed by atoms with Crippen LogP contribution in [0.15, 0.2) is 83.5 Å². The Hall–Kier alpha value is -3.59. The van der Waals surface area contributed by atoms with Crippen LogP contribution in [0.3, 0.4) is 0 Å². The van der Waals surface area contributed by atoms with E-state index in [0.717, 1.165) is 45.8 Å². The smallest absolute Gasteiger partial charge is 0.141 e. The van der Waals surface area contributed by atoms with Crippen LogP contribution in [0.1, 0.15) is 11.3 Å². The molecule has 0 atom stereocenters. The van der Waals surface area contributed by atoms with Crippen LogP contribution in [-0.4, -0.2) is 39.5 Å². The molecule has 2 aliphatic rings. The fraction of sp³-hybridized carbons (Fsp3) is 0.226. The van der Waals surface area contributed by atoms with E-state index >= 15 is 0 Å². The first kappa shape index (κ1) is 25.4. The maximum Gasteiger partial charge on any atom is 0.141 e. The summed E-state index contributed by atoms with van der Waals surface area (Å²) in [5, 5.41) is 4.67. The van der Waals surface area contributed by atoms with Gasteiger partial charge in [-0.05, 0) is 66.2 Å². The van der Waals surface area contributed by atoms with Crippen molar-refractivity contribution in [3.05, 3.63) is 101 Å². The van der Waals surface area contributed by atoms with E-state index in [-0.39, 0.29) is 12.4 Å². The van der Waals surface area contributed by atoms with Gasteiger partial charge >= 0.3 is 0 Å². The van der Waals surface area contributed by atoms with Crippen molar-refractivity contribution >= 4 is 45.8 Å². The van der Waals surface area contributed by atoms with Gasteiger partial charge in [0.1, 0.15) is 41.8 Å². The Kier molecular flexibility index (Phi) is 6.62. The maximum atomic E-state index is 13.5. The van der Waals surface area contributed by atoms with Crippen LogP contribution < -0.4 is 10.1 Å². The van der Waals surface area contributed by atoms with Crippen LogP contribution in [0.25, 0.3) is 22.2 Å². The number of thioether (sulfide) groups is 1. The molecule has 0 aliphatic carbocycles. The number of furan rings is 1. The summed E-state index contributed by atoms with van der Waals surface area (Å²) in [5.41, 5.74) is 3.84. The van der Waals surface area contributed by atoms with Crippen LogP contribution in [-0.2, 0) is 13.2 Å². The summed E-state index contributed by atoms with van der Waals surface area (Å²) in [6.07, 6.45) is 1.54. The minimum atomic E-state index is -0.299. The second-order valence-electron chi connectivity index (χ2n) is 10.5. The first-order chi connectivity index (χ1) is 19.5. The molecule has 2 saturated heterocycles. The second kappa shape index (κ2) is 10.4. The minimum absolute atomic E-state index is 0.218. The molecule has 1 spiro atoms. The molecule has 0 saturated carbocycles. The summed E-state index contributed by atoms with van der Waals surface area (Å²) in [4.78, 5) is 11.4. The molecule has 2 fully saturated rings. The Morgan fingerprint density at radius 1 is 1.02 bits per heavy atom. The monoisotopic (exact) mass is 572 g/mol. The van der Waals surface area contributed by atoms with Gasteiger partial charge in [0.2, 0.25) is 0 Å². The molecule has 3 aromatic carbocycles. The van der Waals surface area contributed by atoms with E-state index in [0.29, 0.717) is 22.0 Å². The number of rotatable bonds is 8. The Morgan fingerprint density at radius 2 is 1.93 bits per heavy atom. The highest BCUT2D eigenvalue weighted by atomic mass is 35.5. The second-order valence-corrected chi connectivity index (χ2v) is 11.9. The van der Waals surface area contributed by atoms with Crippen LogP contribution in [0.2, 0.25) is 5.02 Å². The molecule has 202 valence electrons. The number of nitrogens with one attached hydrogen (secondary N) is 1. The van der Waals surface area contributed by atoms with Crippen molar-refractivity contribution in [1.82, 2.24) is 14.9 Å². The van der Waals surface area contributed by atoms with Gasteiger partial charge in [-0.15, -0.1) is 0 Å². The molecular formula is C31H26ClFN4O2S. The van der Waals surface area contributed by atoms with E-state index < -0.39 is 0 Å². The zero-order valence-corrected chi connectivity index (χ0v) is 23.1. The number of ether oxygens (including phenoxy) is 1. The number of hydrogen-bond acceptors (Lipinski definition) is 7. The zero-order chi connectivity index (χ0) is 27.1. The maximum absolute atomic E-state index is 13.5. The molecule has 0 bridgehead atoms. The van der Waals surface area contributed by atoms with Gasteiger partial charge in [-0.2, -0.15) is 11.8 Å². The molecule has 6 nitrogen and oxygen atoms in total. The summed E-state index contributed by atoms with van der Waals surface area (Å²) in [5.74, 6) is 5.27. The Balaban J connectivity index is 1.06. The third-order valence-electron chi connectivity index (χ3n) is 7.37. The van der Waals surface area contributed by atoms with Gasteiger partial charge in [0.05, 0.1) is 17.1 Å². The van der Waals surface area contributed by atoms with Gasteiger partial charge < -0.3 is 14.5 Å². The average molecular weight is 573 g/mol. The quantitative estimate of drug-likeness (QED) is 0.206. The van der Waals surface area contributed by atoms with Crippen molar-refractivity contribution < 1.29 is 13.5 Å². The molecular weight excluding hydrogens is 547 g/mol. The lowest BCUT2D eigenvalue weighted by Gasteiger charge is -2.55. The fourth-order valence-corrected chi connectivity index (χ4v) is 6.74. The molecule has 0 amide bonds. The lowest BCUT2D eigenvalue weighted by molar-refractivity contribution is 0.0182. The Labute approximate surface area is 240 Å². The van der Waals surface area contributed by atoms with E-state index in [4.69, 9.17) is 20.8 Å². The van der Waals surface area contributed by atoms with Gasteiger partial charge in [-0.1, -0.05) is 23.7 Å². The van der Waals surface area contributed by atoms with Crippen LogP contribution in [0, 0.1) is 11.2 Å². The largest absolute Gasteiger partial charge is 0.487 e. The normalized spacial score (nSPS) is 16.1. The van der Waals surface area contributed by atoms with Crippen molar-refractivity contribution in [2.75, 3.05) is 29.9 Å². The average Bonchev–Trinajstić information content (AvgIpc) is 3.38.